The number of hydrogen-bond acceptors (Lipinski definition) is 11. The highest BCUT2D eigenvalue weighted by Crippen LogP contribution is 2.42. The van der Waals surface area contributed by atoms with Crippen LogP contribution >= 0.6 is 0 Å². The quantitative estimate of drug-likeness (QED) is 0.178. The number of aliphatic hydroxyl groups excluding tert-OH is 2. The number of rotatable bonds is 10. The Morgan fingerprint density at radius 1 is 1.06 bits per heavy atom. The first-order chi connectivity index (χ1) is 23.8. The Bertz CT molecular complexity index is 1350. The van der Waals surface area contributed by atoms with Gasteiger partial charge in [0.05, 0.1) is 25.4 Å². The molecule has 12 nitrogen and oxygen atoms in total. The van der Waals surface area contributed by atoms with Gasteiger partial charge in [-0.05, 0) is 38.2 Å². The number of carboxylic acids is 1. The third-order valence-electron chi connectivity index (χ3n) is 10.1. The molecule has 2 heterocycles. The van der Waals surface area contributed by atoms with Crippen LogP contribution < -0.4 is 0 Å². The van der Waals surface area contributed by atoms with Crippen LogP contribution in [0.4, 0.5) is 0 Å². The average molecular weight is 721 g/mol. The van der Waals surface area contributed by atoms with E-state index in [-0.39, 0.29) is 35.9 Å². The molecule has 2 rings (SSSR count). The Hall–Kier alpha value is -3.29. The van der Waals surface area contributed by atoms with Crippen LogP contribution in [0.5, 0.6) is 0 Å². The maximum absolute atomic E-state index is 13.6. The van der Waals surface area contributed by atoms with Crippen LogP contribution in [0.15, 0.2) is 59.4 Å². The highest BCUT2D eigenvalue weighted by molar-refractivity contribution is 5.90. The van der Waals surface area contributed by atoms with Gasteiger partial charge in [-0.3, -0.25) is 0 Å². The molecule has 0 aromatic heterocycles. The third-order valence-corrected chi connectivity index (χ3v) is 10.1. The first kappa shape index (κ1) is 43.9. The number of ether oxygens (including phenoxy) is 5. The molecule has 0 aromatic carbocycles. The minimum absolute atomic E-state index is 0.0458. The molecule has 0 spiro atoms. The zero-order valence-corrected chi connectivity index (χ0v) is 31.9. The fourth-order valence-electron chi connectivity index (χ4n) is 7.00. The van der Waals surface area contributed by atoms with Crippen molar-refractivity contribution >= 4 is 17.9 Å². The zero-order valence-electron chi connectivity index (χ0n) is 31.9. The molecule has 1 saturated heterocycles. The van der Waals surface area contributed by atoms with E-state index >= 15 is 0 Å². The molecule has 1 fully saturated rings. The molecule has 12 atom stereocenters. The van der Waals surface area contributed by atoms with E-state index in [1.165, 1.54) is 20.3 Å². The second-order valence-corrected chi connectivity index (χ2v) is 14.6. The number of aliphatic hydroxyl groups is 3. The van der Waals surface area contributed by atoms with Gasteiger partial charge in [-0.25, -0.2) is 14.4 Å². The summed E-state index contributed by atoms with van der Waals surface area (Å²) in [6.07, 6.45) is 5.37. The number of carboxylic acid groups (broad SMARTS) is 1. The van der Waals surface area contributed by atoms with Crippen molar-refractivity contribution in [2.24, 2.45) is 35.5 Å². The van der Waals surface area contributed by atoms with Crippen molar-refractivity contribution in [3.8, 4) is 0 Å². The van der Waals surface area contributed by atoms with Crippen LogP contribution in [-0.4, -0.2) is 95.0 Å². The first-order valence-electron chi connectivity index (χ1n) is 17.7. The molecule has 0 aromatic rings. The SMILES string of the molecule is CO/C1=C\C(C)=C\[C@@H](C)[C@@H](O)[C@H](C)C/C(C)=C/C=C/[C@H](OC)[C@@H]([C@@H](C)[C@@H](O)[C@H](C)[C@@]2(O)C[C@@H](OC(=O)/C=C/C(=O)O)[C@H](C)[C@@H](C(C)C)O2)OC1=O. The van der Waals surface area contributed by atoms with Crippen molar-refractivity contribution in [3.05, 3.63) is 59.4 Å². The Morgan fingerprint density at radius 3 is 2.27 bits per heavy atom. The number of allylic oxidation sites excluding steroid dienone is 5. The molecule has 0 radical (unpaired) electrons. The molecule has 0 saturated carbocycles. The monoisotopic (exact) mass is 720 g/mol. The minimum Gasteiger partial charge on any atom is -0.490 e. The molecule has 0 amide bonds. The largest absolute Gasteiger partial charge is 0.490 e. The van der Waals surface area contributed by atoms with Crippen LogP contribution in [0.25, 0.3) is 0 Å². The highest BCUT2D eigenvalue weighted by Gasteiger charge is 2.53. The van der Waals surface area contributed by atoms with Gasteiger partial charge in [0.2, 0.25) is 5.76 Å². The second-order valence-electron chi connectivity index (χ2n) is 14.6. The summed E-state index contributed by atoms with van der Waals surface area (Å²) in [4.78, 5) is 37.1. The van der Waals surface area contributed by atoms with Gasteiger partial charge in [0.1, 0.15) is 18.3 Å². The zero-order chi connectivity index (χ0) is 38.8. The van der Waals surface area contributed by atoms with Gasteiger partial charge in [0, 0.05) is 49.4 Å². The van der Waals surface area contributed by atoms with Crippen molar-refractivity contribution in [2.75, 3.05) is 14.2 Å². The average Bonchev–Trinajstić information content (AvgIpc) is 3.06. The van der Waals surface area contributed by atoms with E-state index in [0.29, 0.717) is 18.1 Å². The van der Waals surface area contributed by atoms with Gasteiger partial charge < -0.3 is 44.1 Å². The van der Waals surface area contributed by atoms with E-state index < -0.39 is 72.2 Å². The Kier molecular flexibility index (Phi) is 16.8. The molecule has 2 aliphatic heterocycles. The summed E-state index contributed by atoms with van der Waals surface area (Å²) in [5, 5.41) is 43.8. The van der Waals surface area contributed by atoms with Gasteiger partial charge in [-0.15, -0.1) is 0 Å². The smallest absolute Gasteiger partial charge is 0.373 e. The van der Waals surface area contributed by atoms with Gasteiger partial charge >= 0.3 is 17.9 Å². The van der Waals surface area contributed by atoms with Crippen molar-refractivity contribution in [1.29, 1.82) is 0 Å². The van der Waals surface area contributed by atoms with Crippen LogP contribution in [0.3, 0.4) is 0 Å². The van der Waals surface area contributed by atoms with Crippen molar-refractivity contribution in [1.82, 2.24) is 0 Å². The Morgan fingerprint density at radius 2 is 1.71 bits per heavy atom. The topological polar surface area (TPSA) is 178 Å². The maximum Gasteiger partial charge on any atom is 0.373 e. The number of hydrogen-bond donors (Lipinski definition) is 4. The highest BCUT2D eigenvalue weighted by atomic mass is 16.6. The lowest BCUT2D eigenvalue weighted by Gasteiger charge is -2.50. The van der Waals surface area contributed by atoms with Crippen LogP contribution in [0.2, 0.25) is 0 Å². The molecule has 0 bridgehead atoms. The predicted octanol–water partition coefficient (Wildman–Crippen LogP) is 4.88. The first-order valence-corrected chi connectivity index (χ1v) is 17.7. The minimum atomic E-state index is -1.99. The fourth-order valence-corrected chi connectivity index (χ4v) is 7.00. The van der Waals surface area contributed by atoms with Gasteiger partial charge in [-0.1, -0.05) is 83.9 Å². The Balaban J connectivity index is 2.55. The summed E-state index contributed by atoms with van der Waals surface area (Å²) < 4.78 is 29.1. The second kappa shape index (κ2) is 19.5. The van der Waals surface area contributed by atoms with E-state index in [2.05, 4.69) is 0 Å². The number of carbonyl (C=O) groups is 3. The molecule has 0 unspecified atom stereocenters. The normalized spacial score (nSPS) is 37.1. The maximum atomic E-state index is 13.6. The van der Waals surface area contributed by atoms with Gasteiger partial charge in [0.15, 0.2) is 5.79 Å². The van der Waals surface area contributed by atoms with Crippen molar-refractivity contribution in [3.63, 3.8) is 0 Å². The molecule has 288 valence electrons. The Labute approximate surface area is 302 Å². The molecule has 4 N–H and O–H groups in total. The molecule has 2 aliphatic rings. The summed E-state index contributed by atoms with van der Waals surface area (Å²) in [5.74, 6) is -7.68. The number of aliphatic carboxylic acids is 1. The summed E-state index contributed by atoms with van der Waals surface area (Å²) in [6, 6.07) is 0. The number of esters is 2. The van der Waals surface area contributed by atoms with Crippen LogP contribution in [-0.2, 0) is 38.1 Å². The van der Waals surface area contributed by atoms with Crippen molar-refractivity contribution in [2.45, 2.75) is 118 Å². The number of cyclic esters (lactones) is 1. The predicted molar refractivity (Wildman–Crippen MR) is 191 cm³/mol. The summed E-state index contributed by atoms with van der Waals surface area (Å²) in [5.41, 5.74) is 1.70. The van der Waals surface area contributed by atoms with E-state index in [0.717, 1.165) is 11.6 Å². The van der Waals surface area contributed by atoms with Gasteiger partial charge in [0.25, 0.3) is 0 Å². The standard InChI is InChI=1S/C39H60O12/c1-21(2)36-26(7)31(49-33(42)16-15-32(40)41)20-39(46,51-36)28(9)35(44)27(8)37-29(47-10)14-12-13-22(3)17-24(5)34(43)25(6)18-23(4)19-30(48-11)38(45)50-37/h12-16,18-19,21,24-29,31,34-37,43-44,46H,17,20H2,1-11H3,(H,40,41)/b14-12+,16-15+,22-13+,23-18+,30-19-/t24-,25-,26+,27+,28+,29+,31-,34+,35-,36-,37-,39-/m1/s1. The summed E-state index contributed by atoms with van der Waals surface area (Å²) >= 11 is 0. The lowest BCUT2D eigenvalue weighted by molar-refractivity contribution is -0.329. The lowest BCUT2D eigenvalue weighted by Crippen LogP contribution is -2.59. The molecular weight excluding hydrogens is 660 g/mol. The molecule has 0 aliphatic carbocycles. The number of methoxy groups -OCH3 is 2. The summed E-state index contributed by atoms with van der Waals surface area (Å²) in [6.45, 7) is 16.5. The lowest BCUT2D eigenvalue weighted by atomic mass is 9.76. The fraction of sp³-hybridized carbons (Fsp3) is 0.667. The number of carbonyl (C=O) groups excluding carboxylic acids is 2. The van der Waals surface area contributed by atoms with Crippen molar-refractivity contribution < 1.29 is 58.5 Å². The van der Waals surface area contributed by atoms with E-state index in [9.17, 15) is 29.7 Å². The van der Waals surface area contributed by atoms with Gasteiger partial charge in [-0.2, -0.15) is 0 Å². The van der Waals surface area contributed by atoms with E-state index in [1.807, 2.05) is 53.7 Å². The summed E-state index contributed by atoms with van der Waals surface area (Å²) in [7, 11) is 2.80. The third kappa shape index (κ3) is 12.1. The van der Waals surface area contributed by atoms with Crippen LogP contribution in [0.1, 0.15) is 75.2 Å². The molecular formula is C39H60O12. The molecule has 51 heavy (non-hydrogen) atoms. The van der Waals surface area contributed by atoms with E-state index in [4.69, 9.17) is 28.8 Å². The van der Waals surface area contributed by atoms with E-state index in [1.54, 1.807) is 32.9 Å². The molecule has 12 heteroatoms. The van der Waals surface area contributed by atoms with Crippen LogP contribution in [0, 0.1) is 35.5 Å².